The molecule has 1 heterocycles. The van der Waals surface area contributed by atoms with Crippen LogP contribution >= 0.6 is 11.6 Å². The van der Waals surface area contributed by atoms with Gasteiger partial charge in [-0.2, -0.15) is 0 Å². The van der Waals surface area contributed by atoms with E-state index in [9.17, 15) is 9.18 Å². The van der Waals surface area contributed by atoms with Crippen molar-refractivity contribution in [1.82, 2.24) is 15.0 Å². The lowest BCUT2D eigenvalue weighted by Crippen LogP contribution is -1.96. The molecule has 0 saturated carbocycles. The van der Waals surface area contributed by atoms with E-state index in [1.165, 1.54) is 29.1 Å². The summed E-state index contributed by atoms with van der Waals surface area (Å²) in [6.45, 7) is 0. The van der Waals surface area contributed by atoms with Gasteiger partial charge < -0.3 is 0 Å². The van der Waals surface area contributed by atoms with Gasteiger partial charge in [-0.15, -0.1) is 5.10 Å². The second kappa shape index (κ2) is 3.78. The molecule has 0 bridgehead atoms. The van der Waals surface area contributed by atoms with Gasteiger partial charge in [0.05, 0.1) is 16.9 Å². The Bertz CT molecular complexity index is 512. The van der Waals surface area contributed by atoms with E-state index in [1.54, 1.807) is 0 Å². The number of carbonyl (C=O) groups excluding carboxylic acids is 1. The zero-order chi connectivity index (χ0) is 10.8. The highest BCUT2D eigenvalue weighted by Crippen LogP contribution is 2.20. The Morgan fingerprint density at radius 3 is 2.93 bits per heavy atom. The zero-order valence-corrected chi connectivity index (χ0v) is 8.15. The highest BCUT2D eigenvalue weighted by molar-refractivity contribution is 6.32. The molecule has 1 aromatic carbocycles. The number of aldehydes is 1. The van der Waals surface area contributed by atoms with Crippen molar-refractivity contribution in [3.05, 3.63) is 40.9 Å². The minimum atomic E-state index is -0.433. The van der Waals surface area contributed by atoms with E-state index >= 15 is 0 Å². The number of carbonyl (C=O) groups is 1. The highest BCUT2D eigenvalue weighted by atomic mass is 35.5. The molecule has 0 radical (unpaired) electrons. The largest absolute Gasteiger partial charge is 0.296 e. The first-order chi connectivity index (χ1) is 7.20. The monoisotopic (exact) mass is 225 g/mol. The Morgan fingerprint density at radius 1 is 1.47 bits per heavy atom. The third-order valence-electron chi connectivity index (χ3n) is 1.79. The van der Waals surface area contributed by atoms with Crippen molar-refractivity contribution < 1.29 is 9.18 Å². The van der Waals surface area contributed by atoms with Gasteiger partial charge in [0, 0.05) is 6.07 Å². The van der Waals surface area contributed by atoms with Gasteiger partial charge in [-0.05, 0) is 12.1 Å². The molecule has 2 aromatic rings. The van der Waals surface area contributed by atoms with E-state index in [2.05, 4.69) is 10.3 Å². The van der Waals surface area contributed by atoms with Crippen LogP contribution in [0.3, 0.4) is 0 Å². The summed E-state index contributed by atoms with van der Waals surface area (Å²) < 4.78 is 14.2. The number of hydrogen-bond acceptors (Lipinski definition) is 3. The maximum absolute atomic E-state index is 12.9. The standard InChI is InChI=1S/C9H5ClFN3O/c10-8-2-1-6(11)3-9(8)14-4-7(5-15)12-13-14/h1-5H. The molecule has 0 aliphatic rings. The van der Waals surface area contributed by atoms with Gasteiger partial charge in [0.25, 0.3) is 0 Å². The molecule has 0 atom stereocenters. The molecule has 1 aromatic heterocycles. The smallest absolute Gasteiger partial charge is 0.171 e. The fraction of sp³-hybridized carbons (Fsp3) is 0. The number of halogens is 2. The lowest BCUT2D eigenvalue weighted by atomic mass is 10.3. The van der Waals surface area contributed by atoms with Crippen molar-refractivity contribution in [1.29, 1.82) is 0 Å². The molecule has 0 fully saturated rings. The Hall–Kier alpha value is -1.75. The molecule has 0 spiro atoms. The Kier molecular flexibility index (Phi) is 2.47. The van der Waals surface area contributed by atoms with Crippen LogP contribution in [0.15, 0.2) is 24.4 Å². The second-order valence-corrected chi connectivity index (χ2v) is 3.21. The molecular formula is C9H5ClFN3O. The van der Waals surface area contributed by atoms with Crippen molar-refractivity contribution in [3.8, 4) is 5.69 Å². The van der Waals surface area contributed by atoms with Crippen LogP contribution in [0.25, 0.3) is 5.69 Å². The molecule has 6 heteroatoms. The van der Waals surface area contributed by atoms with E-state index in [0.717, 1.165) is 0 Å². The van der Waals surface area contributed by atoms with E-state index in [4.69, 9.17) is 11.6 Å². The van der Waals surface area contributed by atoms with Crippen molar-refractivity contribution >= 4 is 17.9 Å². The van der Waals surface area contributed by atoms with E-state index in [0.29, 0.717) is 17.0 Å². The third-order valence-corrected chi connectivity index (χ3v) is 2.11. The van der Waals surface area contributed by atoms with Crippen LogP contribution in [0.5, 0.6) is 0 Å². The number of benzene rings is 1. The highest BCUT2D eigenvalue weighted by Gasteiger charge is 2.07. The molecule has 0 aliphatic heterocycles. The van der Waals surface area contributed by atoms with Crippen LogP contribution < -0.4 is 0 Å². The average molecular weight is 226 g/mol. The van der Waals surface area contributed by atoms with Gasteiger partial charge >= 0.3 is 0 Å². The molecule has 15 heavy (non-hydrogen) atoms. The Balaban J connectivity index is 2.52. The van der Waals surface area contributed by atoms with Gasteiger partial charge in [-0.3, -0.25) is 4.79 Å². The SMILES string of the molecule is O=Cc1cn(-c2cc(F)ccc2Cl)nn1. The minimum absolute atomic E-state index is 0.162. The summed E-state index contributed by atoms with van der Waals surface area (Å²) in [7, 11) is 0. The first-order valence-electron chi connectivity index (χ1n) is 4.03. The van der Waals surface area contributed by atoms with Crippen LogP contribution in [0.1, 0.15) is 10.5 Å². The van der Waals surface area contributed by atoms with Gasteiger partial charge in [0.2, 0.25) is 0 Å². The van der Waals surface area contributed by atoms with Gasteiger partial charge in [0.15, 0.2) is 6.29 Å². The zero-order valence-electron chi connectivity index (χ0n) is 7.39. The first-order valence-corrected chi connectivity index (χ1v) is 4.41. The van der Waals surface area contributed by atoms with E-state index < -0.39 is 5.82 Å². The van der Waals surface area contributed by atoms with Gasteiger partial charge in [0.1, 0.15) is 11.5 Å². The molecule has 0 amide bonds. The summed E-state index contributed by atoms with van der Waals surface area (Å²) in [4.78, 5) is 10.4. The third kappa shape index (κ3) is 1.87. The molecule has 0 unspecified atom stereocenters. The average Bonchev–Trinajstić information content (AvgIpc) is 2.70. The van der Waals surface area contributed by atoms with Crippen LogP contribution in [-0.4, -0.2) is 21.3 Å². The van der Waals surface area contributed by atoms with Crippen LogP contribution in [0.4, 0.5) is 4.39 Å². The summed E-state index contributed by atoms with van der Waals surface area (Å²) in [6.07, 6.45) is 1.92. The number of hydrogen-bond donors (Lipinski definition) is 0. The molecule has 0 saturated heterocycles. The summed E-state index contributed by atoms with van der Waals surface area (Å²) >= 11 is 5.84. The summed E-state index contributed by atoms with van der Waals surface area (Å²) in [5.74, 6) is -0.433. The maximum atomic E-state index is 12.9. The van der Waals surface area contributed by atoms with E-state index in [-0.39, 0.29) is 5.69 Å². The fourth-order valence-corrected chi connectivity index (χ4v) is 1.31. The molecule has 4 nitrogen and oxygen atoms in total. The van der Waals surface area contributed by atoms with E-state index in [1.807, 2.05) is 0 Å². The summed E-state index contributed by atoms with van der Waals surface area (Å²) in [5.41, 5.74) is 0.507. The van der Waals surface area contributed by atoms with Crippen molar-refractivity contribution in [2.75, 3.05) is 0 Å². The van der Waals surface area contributed by atoms with Crippen molar-refractivity contribution in [3.63, 3.8) is 0 Å². The number of nitrogens with zero attached hydrogens (tertiary/aromatic N) is 3. The second-order valence-electron chi connectivity index (χ2n) is 2.80. The fourth-order valence-electron chi connectivity index (χ4n) is 1.11. The predicted octanol–water partition coefficient (Wildman–Crippen LogP) is 1.87. The summed E-state index contributed by atoms with van der Waals surface area (Å²) in [6, 6.07) is 3.86. The van der Waals surface area contributed by atoms with Gasteiger partial charge in [-0.25, -0.2) is 9.07 Å². The minimum Gasteiger partial charge on any atom is -0.296 e. The molecule has 2 rings (SSSR count). The maximum Gasteiger partial charge on any atom is 0.171 e. The predicted molar refractivity (Wildman–Crippen MR) is 51.7 cm³/mol. The molecule has 0 N–H and O–H groups in total. The lowest BCUT2D eigenvalue weighted by molar-refractivity contribution is 0.111. The quantitative estimate of drug-likeness (QED) is 0.733. The normalized spacial score (nSPS) is 10.3. The van der Waals surface area contributed by atoms with Crippen LogP contribution in [-0.2, 0) is 0 Å². The molecule has 0 aliphatic carbocycles. The Labute approximate surface area is 89.3 Å². The number of aromatic nitrogens is 3. The topological polar surface area (TPSA) is 47.8 Å². The van der Waals surface area contributed by atoms with Crippen molar-refractivity contribution in [2.24, 2.45) is 0 Å². The van der Waals surface area contributed by atoms with Gasteiger partial charge in [-0.1, -0.05) is 16.8 Å². The first kappa shape index (κ1) is 9.79. The van der Waals surface area contributed by atoms with Crippen LogP contribution in [0, 0.1) is 5.82 Å². The number of rotatable bonds is 2. The van der Waals surface area contributed by atoms with Crippen LogP contribution in [0.2, 0.25) is 5.02 Å². The lowest BCUT2D eigenvalue weighted by Gasteiger charge is -2.02. The molecule has 76 valence electrons. The summed E-state index contributed by atoms with van der Waals surface area (Å²) in [5, 5.41) is 7.52. The molecular weight excluding hydrogens is 221 g/mol. The Morgan fingerprint density at radius 2 is 2.27 bits per heavy atom. The van der Waals surface area contributed by atoms with Crippen molar-refractivity contribution in [2.45, 2.75) is 0 Å².